The van der Waals surface area contributed by atoms with E-state index < -0.39 is 18.3 Å². The standard InChI is InChI=1S/C15H22BNO4/c1-9-11-8-10(6-7-12(11)17-13(9)18)16(20)21-15(4,5)14(2,3)19/h6-9,19-20H,1-5H3,(H,17,18). The third kappa shape index (κ3) is 2.97. The molecule has 21 heavy (non-hydrogen) atoms. The second-order valence-electron chi connectivity index (χ2n) is 6.60. The molecule has 0 aromatic heterocycles. The lowest BCUT2D eigenvalue weighted by atomic mass is 9.75. The van der Waals surface area contributed by atoms with Crippen LogP contribution in [0.4, 0.5) is 5.69 Å². The van der Waals surface area contributed by atoms with Gasteiger partial charge in [-0.3, -0.25) is 4.79 Å². The number of hydrogen-bond acceptors (Lipinski definition) is 4. The summed E-state index contributed by atoms with van der Waals surface area (Å²) in [7, 11) is -1.17. The largest absolute Gasteiger partial charge is 0.491 e. The van der Waals surface area contributed by atoms with Crippen LogP contribution in [0.15, 0.2) is 18.2 Å². The van der Waals surface area contributed by atoms with Crippen molar-refractivity contribution in [3.8, 4) is 0 Å². The SMILES string of the molecule is CC1C(=O)Nc2ccc(B(O)OC(C)(C)C(C)(C)O)cc21. The van der Waals surface area contributed by atoms with Crippen LogP contribution < -0.4 is 10.8 Å². The highest BCUT2D eigenvalue weighted by Crippen LogP contribution is 2.31. The maximum atomic E-state index is 11.6. The van der Waals surface area contributed by atoms with Gasteiger partial charge in [0.2, 0.25) is 5.91 Å². The van der Waals surface area contributed by atoms with Crippen LogP contribution in [0.5, 0.6) is 0 Å². The molecule has 1 amide bonds. The molecule has 1 heterocycles. The number of carbonyl (C=O) groups is 1. The first kappa shape index (κ1) is 16.0. The fraction of sp³-hybridized carbons (Fsp3) is 0.533. The van der Waals surface area contributed by atoms with E-state index in [0.717, 1.165) is 11.3 Å². The van der Waals surface area contributed by atoms with E-state index in [-0.39, 0.29) is 11.8 Å². The van der Waals surface area contributed by atoms with Gasteiger partial charge in [-0.05, 0) is 51.7 Å². The van der Waals surface area contributed by atoms with E-state index in [4.69, 9.17) is 4.65 Å². The summed E-state index contributed by atoms with van der Waals surface area (Å²) in [6.45, 7) is 8.52. The van der Waals surface area contributed by atoms with Crippen LogP contribution in [0, 0.1) is 0 Å². The minimum atomic E-state index is -1.17. The van der Waals surface area contributed by atoms with Gasteiger partial charge in [-0.2, -0.15) is 0 Å². The average Bonchev–Trinajstić information content (AvgIpc) is 2.63. The fourth-order valence-corrected chi connectivity index (χ4v) is 2.08. The van der Waals surface area contributed by atoms with Gasteiger partial charge in [-0.25, -0.2) is 0 Å². The molecule has 2 rings (SSSR count). The number of fused-ring (bicyclic) bond motifs is 1. The van der Waals surface area contributed by atoms with Crippen LogP contribution in [-0.2, 0) is 9.45 Å². The molecular formula is C15H22BNO4. The van der Waals surface area contributed by atoms with Crippen molar-refractivity contribution in [3.05, 3.63) is 23.8 Å². The van der Waals surface area contributed by atoms with Crippen LogP contribution >= 0.6 is 0 Å². The average molecular weight is 291 g/mol. The predicted octanol–water partition coefficient (Wildman–Crippen LogP) is 0.996. The zero-order chi connectivity index (χ0) is 16.0. The Balaban J connectivity index is 2.22. The van der Waals surface area contributed by atoms with E-state index >= 15 is 0 Å². The lowest BCUT2D eigenvalue weighted by molar-refractivity contribution is -0.116. The van der Waals surface area contributed by atoms with E-state index in [9.17, 15) is 14.9 Å². The van der Waals surface area contributed by atoms with Gasteiger partial charge in [0.05, 0.1) is 17.1 Å². The summed E-state index contributed by atoms with van der Waals surface area (Å²) in [5.74, 6) is -0.288. The zero-order valence-electron chi connectivity index (χ0n) is 13.1. The lowest BCUT2D eigenvalue weighted by Gasteiger charge is -2.38. The topological polar surface area (TPSA) is 78.8 Å². The Morgan fingerprint density at radius 3 is 2.48 bits per heavy atom. The number of benzene rings is 1. The van der Waals surface area contributed by atoms with Crippen LogP contribution in [0.2, 0.25) is 0 Å². The minimum absolute atomic E-state index is 0.0469. The smallest absolute Gasteiger partial charge is 0.423 e. The maximum Gasteiger partial charge on any atom is 0.491 e. The molecule has 0 fully saturated rings. The molecule has 0 radical (unpaired) electrons. The highest BCUT2D eigenvalue weighted by Gasteiger charge is 2.40. The van der Waals surface area contributed by atoms with Crippen molar-refractivity contribution in [1.82, 2.24) is 0 Å². The Bertz CT molecular complexity index is 565. The first-order valence-electron chi connectivity index (χ1n) is 7.06. The molecule has 5 nitrogen and oxygen atoms in total. The number of rotatable bonds is 4. The second-order valence-corrected chi connectivity index (χ2v) is 6.60. The molecular weight excluding hydrogens is 269 g/mol. The van der Waals surface area contributed by atoms with E-state index in [2.05, 4.69) is 5.32 Å². The van der Waals surface area contributed by atoms with Gasteiger partial charge in [0.25, 0.3) is 0 Å². The van der Waals surface area contributed by atoms with Crippen molar-refractivity contribution < 1.29 is 19.6 Å². The summed E-state index contributed by atoms with van der Waals surface area (Å²) in [6.07, 6.45) is 0. The molecule has 0 spiro atoms. The van der Waals surface area contributed by atoms with Crippen LogP contribution in [0.1, 0.15) is 46.1 Å². The first-order chi connectivity index (χ1) is 9.53. The number of anilines is 1. The van der Waals surface area contributed by atoms with Gasteiger partial charge in [0.15, 0.2) is 0 Å². The summed E-state index contributed by atoms with van der Waals surface area (Å²) in [6, 6.07) is 5.24. The molecule has 3 N–H and O–H groups in total. The molecule has 1 aliphatic heterocycles. The normalized spacial score (nSPS) is 18.4. The van der Waals surface area contributed by atoms with E-state index in [1.807, 2.05) is 6.92 Å². The van der Waals surface area contributed by atoms with Crippen LogP contribution in [0.25, 0.3) is 0 Å². The summed E-state index contributed by atoms with van der Waals surface area (Å²) in [5, 5.41) is 23.1. The number of carbonyl (C=O) groups excluding carboxylic acids is 1. The summed E-state index contributed by atoms with van der Waals surface area (Å²) >= 11 is 0. The lowest BCUT2D eigenvalue weighted by Crippen LogP contribution is -2.53. The monoisotopic (exact) mass is 291 g/mol. The molecule has 1 aliphatic rings. The van der Waals surface area contributed by atoms with Gasteiger partial charge in [0.1, 0.15) is 0 Å². The van der Waals surface area contributed by atoms with Crippen molar-refractivity contribution in [2.45, 2.75) is 51.7 Å². The predicted molar refractivity (Wildman–Crippen MR) is 82.6 cm³/mol. The Morgan fingerprint density at radius 2 is 1.90 bits per heavy atom. The van der Waals surface area contributed by atoms with Gasteiger partial charge in [-0.15, -0.1) is 0 Å². The maximum absolute atomic E-state index is 11.6. The van der Waals surface area contributed by atoms with Crippen molar-refractivity contribution in [1.29, 1.82) is 0 Å². The van der Waals surface area contributed by atoms with E-state index in [1.54, 1.807) is 45.9 Å². The molecule has 6 heteroatoms. The highest BCUT2D eigenvalue weighted by atomic mass is 16.5. The third-order valence-electron chi connectivity index (χ3n) is 4.36. The number of amides is 1. The molecule has 1 aromatic rings. The number of hydrogen-bond donors (Lipinski definition) is 3. The zero-order valence-corrected chi connectivity index (χ0v) is 13.1. The summed E-state index contributed by atoms with van der Waals surface area (Å²) < 4.78 is 5.61. The second kappa shape index (κ2) is 5.12. The quantitative estimate of drug-likeness (QED) is 0.723. The highest BCUT2D eigenvalue weighted by molar-refractivity contribution is 6.60. The van der Waals surface area contributed by atoms with Gasteiger partial charge < -0.3 is 20.1 Å². The van der Waals surface area contributed by atoms with Gasteiger partial charge in [0, 0.05) is 5.69 Å². The molecule has 1 aromatic carbocycles. The fourth-order valence-electron chi connectivity index (χ4n) is 2.08. The summed E-state index contributed by atoms with van der Waals surface area (Å²) in [5.41, 5.74) is 0.154. The molecule has 0 bridgehead atoms. The molecule has 0 saturated heterocycles. The molecule has 1 unspecified atom stereocenters. The minimum Gasteiger partial charge on any atom is -0.423 e. The molecule has 1 atom stereocenters. The Morgan fingerprint density at radius 1 is 1.29 bits per heavy atom. The summed E-state index contributed by atoms with van der Waals surface area (Å²) in [4.78, 5) is 11.6. The number of nitrogens with one attached hydrogen (secondary N) is 1. The Hall–Kier alpha value is -1.37. The molecule has 0 aliphatic carbocycles. The first-order valence-corrected chi connectivity index (χ1v) is 7.06. The Labute approximate surface area is 125 Å². The van der Waals surface area contributed by atoms with Crippen molar-refractivity contribution in [3.63, 3.8) is 0 Å². The van der Waals surface area contributed by atoms with Crippen molar-refractivity contribution >= 4 is 24.2 Å². The number of aliphatic hydroxyl groups is 1. The van der Waals surface area contributed by atoms with E-state index in [1.165, 1.54) is 0 Å². The van der Waals surface area contributed by atoms with Crippen molar-refractivity contribution in [2.75, 3.05) is 5.32 Å². The molecule has 114 valence electrons. The van der Waals surface area contributed by atoms with Crippen LogP contribution in [-0.4, -0.2) is 34.4 Å². The van der Waals surface area contributed by atoms with E-state index in [0.29, 0.717) is 5.46 Å². The third-order valence-corrected chi connectivity index (χ3v) is 4.36. The molecule has 0 saturated carbocycles. The van der Waals surface area contributed by atoms with Gasteiger partial charge >= 0.3 is 7.12 Å². The van der Waals surface area contributed by atoms with Crippen molar-refractivity contribution in [2.24, 2.45) is 0 Å². The van der Waals surface area contributed by atoms with Crippen LogP contribution in [0.3, 0.4) is 0 Å². The Kier molecular flexibility index (Phi) is 3.91. The van der Waals surface area contributed by atoms with Gasteiger partial charge in [-0.1, -0.05) is 12.1 Å².